The minimum atomic E-state index is 0.468. The molecular formula is C23H30N4. The van der Waals surface area contributed by atoms with Gasteiger partial charge in [0.25, 0.3) is 0 Å². The molecule has 0 bridgehead atoms. The fourth-order valence-corrected chi connectivity index (χ4v) is 4.59. The van der Waals surface area contributed by atoms with Crippen LogP contribution in [0.2, 0.25) is 0 Å². The quantitative estimate of drug-likeness (QED) is 0.660. The van der Waals surface area contributed by atoms with Crippen LogP contribution in [0.15, 0.2) is 18.3 Å². The third-order valence-corrected chi connectivity index (χ3v) is 5.94. The van der Waals surface area contributed by atoms with Gasteiger partial charge in [-0.25, -0.2) is 4.98 Å². The summed E-state index contributed by atoms with van der Waals surface area (Å²) in [7, 11) is 0. The van der Waals surface area contributed by atoms with Gasteiger partial charge in [0.2, 0.25) is 0 Å². The van der Waals surface area contributed by atoms with Gasteiger partial charge in [-0.15, -0.1) is 0 Å². The standard InChI is InChI=1S/C23H30N4/c1-6-17(7-2)25-22-18-9-8-10-20(18)26-23-19(13-24-27(22)23)21-15(4)11-14(3)12-16(21)5/h11-13,17,25H,6-10H2,1-5H3. The van der Waals surface area contributed by atoms with Gasteiger partial charge in [-0.2, -0.15) is 9.61 Å². The van der Waals surface area contributed by atoms with E-state index in [2.05, 4.69) is 56.6 Å². The number of benzene rings is 1. The van der Waals surface area contributed by atoms with Crippen LogP contribution in [0.5, 0.6) is 0 Å². The summed E-state index contributed by atoms with van der Waals surface area (Å²) < 4.78 is 2.05. The van der Waals surface area contributed by atoms with E-state index >= 15 is 0 Å². The van der Waals surface area contributed by atoms with Crippen LogP contribution >= 0.6 is 0 Å². The molecule has 4 rings (SSSR count). The van der Waals surface area contributed by atoms with Gasteiger partial charge in [-0.3, -0.25) is 0 Å². The van der Waals surface area contributed by atoms with Gasteiger partial charge in [0.1, 0.15) is 5.82 Å². The SMILES string of the molecule is CCC(CC)Nc1c2c(nc3c(-c4c(C)cc(C)cc4C)cnn13)CCC2. The predicted molar refractivity (Wildman–Crippen MR) is 113 cm³/mol. The monoisotopic (exact) mass is 362 g/mol. The van der Waals surface area contributed by atoms with E-state index in [1.54, 1.807) is 0 Å². The molecule has 27 heavy (non-hydrogen) atoms. The van der Waals surface area contributed by atoms with E-state index in [9.17, 15) is 0 Å². The van der Waals surface area contributed by atoms with Gasteiger partial charge in [-0.05, 0) is 69.6 Å². The number of aryl methyl sites for hydroxylation is 4. The molecule has 0 unspecified atom stereocenters. The van der Waals surface area contributed by atoms with Gasteiger partial charge < -0.3 is 5.32 Å². The van der Waals surface area contributed by atoms with Crippen LogP contribution in [0, 0.1) is 20.8 Å². The normalized spacial score (nSPS) is 13.6. The van der Waals surface area contributed by atoms with E-state index in [-0.39, 0.29) is 0 Å². The van der Waals surface area contributed by atoms with Gasteiger partial charge >= 0.3 is 0 Å². The Bertz CT molecular complexity index is 972. The summed E-state index contributed by atoms with van der Waals surface area (Å²) in [6, 6.07) is 4.97. The van der Waals surface area contributed by atoms with Crippen molar-refractivity contribution >= 4 is 11.5 Å². The lowest BCUT2D eigenvalue weighted by Crippen LogP contribution is -2.21. The maximum atomic E-state index is 5.08. The third-order valence-electron chi connectivity index (χ3n) is 5.94. The molecule has 0 atom stereocenters. The molecule has 1 aromatic carbocycles. The summed E-state index contributed by atoms with van der Waals surface area (Å²) >= 11 is 0. The van der Waals surface area contributed by atoms with Gasteiger partial charge in [0.15, 0.2) is 5.65 Å². The van der Waals surface area contributed by atoms with Crippen molar-refractivity contribution in [3.63, 3.8) is 0 Å². The number of hydrogen-bond acceptors (Lipinski definition) is 3. The Labute approximate surface area is 162 Å². The van der Waals surface area contributed by atoms with E-state index in [1.807, 2.05) is 6.20 Å². The molecular weight excluding hydrogens is 332 g/mol. The van der Waals surface area contributed by atoms with Gasteiger partial charge in [0.05, 0.1) is 6.20 Å². The average molecular weight is 363 g/mol. The highest BCUT2D eigenvalue weighted by molar-refractivity contribution is 5.83. The molecule has 142 valence electrons. The average Bonchev–Trinajstić information content (AvgIpc) is 3.25. The molecule has 0 fully saturated rings. The summed E-state index contributed by atoms with van der Waals surface area (Å²) in [6.07, 6.45) is 7.57. The molecule has 0 spiro atoms. The second-order valence-electron chi connectivity index (χ2n) is 7.96. The molecule has 2 heterocycles. The van der Waals surface area contributed by atoms with Crippen LogP contribution in [0.1, 0.15) is 61.1 Å². The van der Waals surface area contributed by atoms with Gasteiger partial charge in [-0.1, -0.05) is 31.5 Å². The summed E-state index contributed by atoms with van der Waals surface area (Å²) in [6.45, 7) is 11.0. The molecule has 0 radical (unpaired) electrons. The van der Waals surface area contributed by atoms with Crippen molar-refractivity contribution in [2.24, 2.45) is 0 Å². The number of fused-ring (bicyclic) bond motifs is 2. The molecule has 4 nitrogen and oxygen atoms in total. The van der Waals surface area contributed by atoms with Crippen molar-refractivity contribution in [1.82, 2.24) is 14.6 Å². The first-order valence-electron chi connectivity index (χ1n) is 10.3. The molecule has 0 aliphatic heterocycles. The van der Waals surface area contributed by atoms with Crippen molar-refractivity contribution < 1.29 is 0 Å². The van der Waals surface area contributed by atoms with E-state index in [4.69, 9.17) is 10.1 Å². The first-order valence-corrected chi connectivity index (χ1v) is 10.3. The Morgan fingerprint density at radius 2 is 1.78 bits per heavy atom. The molecule has 1 N–H and O–H groups in total. The molecule has 0 saturated carbocycles. The summed E-state index contributed by atoms with van der Waals surface area (Å²) in [5.74, 6) is 1.16. The smallest absolute Gasteiger partial charge is 0.165 e. The number of nitrogens with one attached hydrogen (secondary N) is 1. The maximum absolute atomic E-state index is 5.08. The van der Waals surface area contributed by atoms with E-state index in [1.165, 1.54) is 39.9 Å². The third kappa shape index (κ3) is 3.01. The van der Waals surface area contributed by atoms with Crippen molar-refractivity contribution in [1.29, 1.82) is 0 Å². The maximum Gasteiger partial charge on any atom is 0.165 e. The lowest BCUT2D eigenvalue weighted by Gasteiger charge is -2.20. The highest BCUT2D eigenvalue weighted by Gasteiger charge is 2.24. The molecule has 1 aliphatic carbocycles. The Balaban J connectivity index is 1.94. The largest absolute Gasteiger partial charge is 0.367 e. The second-order valence-corrected chi connectivity index (χ2v) is 7.96. The van der Waals surface area contributed by atoms with Crippen LogP contribution in [0.3, 0.4) is 0 Å². The Morgan fingerprint density at radius 3 is 2.44 bits per heavy atom. The number of rotatable bonds is 5. The van der Waals surface area contributed by atoms with Crippen molar-refractivity contribution in [3.8, 4) is 11.1 Å². The van der Waals surface area contributed by atoms with Gasteiger partial charge in [0, 0.05) is 22.9 Å². The van der Waals surface area contributed by atoms with Crippen LogP contribution < -0.4 is 5.32 Å². The minimum absolute atomic E-state index is 0.468. The van der Waals surface area contributed by atoms with Crippen molar-refractivity contribution in [3.05, 3.63) is 46.3 Å². The molecule has 1 aliphatic rings. The van der Waals surface area contributed by atoms with Crippen molar-refractivity contribution in [2.45, 2.75) is 72.8 Å². The zero-order chi connectivity index (χ0) is 19.1. The summed E-state index contributed by atoms with van der Waals surface area (Å²) in [4.78, 5) is 5.08. The fraction of sp³-hybridized carbons (Fsp3) is 0.478. The molecule has 4 heteroatoms. The summed E-state index contributed by atoms with van der Waals surface area (Å²) in [5, 5.41) is 8.58. The Morgan fingerprint density at radius 1 is 1.07 bits per heavy atom. The van der Waals surface area contributed by atoms with E-state index in [0.717, 1.165) is 42.7 Å². The zero-order valence-electron chi connectivity index (χ0n) is 17.2. The number of aromatic nitrogens is 3. The fourth-order valence-electron chi connectivity index (χ4n) is 4.59. The Kier molecular flexibility index (Phi) is 4.67. The first kappa shape index (κ1) is 18.0. The van der Waals surface area contributed by atoms with Crippen LogP contribution in [0.25, 0.3) is 16.8 Å². The molecule has 3 aromatic rings. The lowest BCUT2D eigenvalue weighted by atomic mass is 9.95. The number of nitrogens with zero attached hydrogens (tertiary/aromatic N) is 3. The topological polar surface area (TPSA) is 42.2 Å². The number of anilines is 1. The highest BCUT2D eigenvalue weighted by atomic mass is 15.3. The van der Waals surface area contributed by atoms with Crippen LogP contribution in [0.4, 0.5) is 5.82 Å². The first-order chi connectivity index (χ1) is 13.0. The molecule has 2 aromatic heterocycles. The minimum Gasteiger partial charge on any atom is -0.367 e. The van der Waals surface area contributed by atoms with E-state index < -0.39 is 0 Å². The Hall–Kier alpha value is -2.36. The lowest BCUT2D eigenvalue weighted by molar-refractivity contribution is 0.662. The summed E-state index contributed by atoms with van der Waals surface area (Å²) in [5.41, 5.74) is 9.90. The predicted octanol–water partition coefficient (Wildman–Crippen LogP) is 5.41. The highest BCUT2D eigenvalue weighted by Crippen LogP contribution is 2.35. The van der Waals surface area contributed by atoms with E-state index in [0.29, 0.717) is 6.04 Å². The van der Waals surface area contributed by atoms with Crippen LogP contribution in [-0.4, -0.2) is 20.6 Å². The molecule has 0 saturated heterocycles. The van der Waals surface area contributed by atoms with Crippen molar-refractivity contribution in [2.75, 3.05) is 5.32 Å². The second kappa shape index (κ2) is 6.99. The molecule has 0 amide bonds. The zero-order valence-corrected chi connectivity index (χ0v) is 17.2. The number of hydrogen-bond donors (Lipinski definition) is 1. The van der Waals surface area contributed by atoms with Crippen LogP contribution in [-0.2, 0) is 12.8 Å².